The molecule has 2 aromatic carbocycles. The molecule has 1 atom stereocenters. The first-order valence-corrected chi connectivity index (χ1v) is 11.3. The van der Waals surface area contributed by atoms with Gasteiger partial charge >= 0.3 is 0 Å². The topological polar surface area (TPSA) is 49.4 Å². The van der Waals surface area contributed by atoms with E-state index in [1.807, 2.05) is 31.2 Å². The summed E-state index contributed by atoms with van der Waals surface area (Å²) in [5.74, 6) is -0.168. The fourth-order valence-electron chi connectivity index (χ4n) is 4.00. The van der Waals surface area contributed by atoms with Crippen LogP contribution in [0.4, 0.5) is 0 Å². The minimum Gasteiger partial charge on any atom is -0.352 e. The average molecular weight is 447 g/mol. The van der Waals surface area contributed by atoms with Gasteiger partial charge in [0.25, 0.3) is 0 Å². The number of nitrogens with one attached hydrogen (secondary N) is 1. The molecular formula is C24H28Cl2N2O2. The van der Waals surface area contributed by atoms with E-state index >= 15 is 0 Å². The second kappa shape index (κ2) is 10.8. The minimum atomic E-state index is -0.520. The molecule has 0 spiro atoms. The molecule has 0 heterocycles. The lowest BCUT2D eigenvalue weighted by Crippen LogP contribution is -2.51. The largest absolute Gasteiger partial charge is 0.352 e. The number of hydrogen-bond acceptors (Lipinski definition) is 2. The molecule has 160 valence electrons. The maximum Gasteiger partial charge on any atom is 0.243 e. The van der Waals surface area contributed by atoms with Gasteiger partial charge in [0.15, 0.2) is 0 Å². The Morgan fingerprint density at radius 2 is 1.73 bits per heavy atom. The summed E-state index contributed by atoms with van der Waals surface area (Å²) >= 11 is 12.1. The third-order valence-corrected chi connectivity index (χ3v) is 6.09. The highest BCUT2D eigenvalue weighted by molar-refractivity contribution is 6.30. The van der Waals surface area contributed by atoms with E-state index in [-0.39, 0.29) is 24.3 Å². The van der Waals surface area contributed by atoms with Gasteiger partial charge in [-0.05, 0) is 54.7 Å². The molecule has 0 aromatic heterocycles. The first-order chi connectivity index (χ1) is 14.5. The summed E-state index contributed by atoms with van der Waals surface area (Å²) in [7, 11) is 0. The molecule has 0 bridgehead atoms. The van der Waals surface area contributed by atoms with Crippen LogP contribution in [-0.2, 0) is 22.6 Å². The number of hydrogen-bond donors (Lipinski definition) is 1. The molecule has 3 rings (SSSR count). The Kier molecular flexibility index (Phi) is 8.17. The van der Waals surface area contributed by atoms with Crippen LogP contribution in [0, 0.1) is 0 Å². The highest BCUT2D eigenvalue weighted by Crippen LogP contribution is 2.21. The molecular weight excluding hydrogens is 419 g/mol. The third-order valence-electron chi connectivity index (χ3n) is 5.60. The van der Waals surface area contributed by atoms with Crippen LogP contribution >= 0.6 is 23.2 Å². The first kappa shape index (κ1) is 22.6. The van der Waals surface area contributed by atoms with Crippen molar-refractivity contribution >= 4 is 35.0 Å². The molecule has 4 nitrogen and oxygen atoms in total. The minimum absolute atomic E-state index is 0.0715. The van der Waals surface area contributed by atoms with Crippen LogP contribution in [0.5, 0.6) is 0 Å². The standard InChI is InChI=1S/C24H28Cl2N2O2/c1-2-22(24(30)27-21-8-3-4-9-21)28(16-17-10-12-19(25)13-11-17)23(29)15-18-6-5-7-20(26)14-18/h5-7,10-14,21-22H,2-4,8-9,15-16H2,1H3,(H,27,30). The second-order valence-corrected chi connectivity index (χ2v) is 8.74. The van der Waals surface area contributed by atoms with Crippen LogP contribution in [0.15, 0.2) is 48.5 Å². The molecule has 1 fully saturated rings. The molecule has 30 heavy (non-hydrogen) atoms. The molecule has 6 heteroatoms. The third kappa shape index (κ3) is 6.23. The number of rotatable bonds is 8. The Bertz CT molecular complexity index is 864. The van der Waals surface area contributed by atoms with Crippen LogP contribution in [0.3, 0.4) is 0 Å². The molecule has 0 aliphatic heterocycles. The van der Waals surface area contributed by atoms with Crippen LogP contribution < -0.4 is 5.32 Å². The summed E-state index contributed by atoms with van der Waals surface area (Å²) in [6, 6.07) is 14.4. The van der Waals surface area contributed by atoms with Gasteiger partial charge in [-0.15, -0.1) is 0 Å². The van der Waals surface area contributed by atoms with E-state index in [4.69, 9.17) is 23.2 Å². The van der Waals surface area contributed by atoms with Crippen LogP contribution in [-0.4, -0.2) is 28.8 Å². The SMILES string of the molecule is CCC(C(=O)NC1CCCC1)N(Cc1ccc(Cl)cc1)C(=O)Cc1cccc(Cl)c1. The molecule has 2 amide bonds. The highest BCUT2D eigenvalue weighted by Gasteiger charge is 2.30. The number of amides is 2. The maximum atomic E-state index is 13.3. The molecule has 1 unspecified atom stereocenters. The van der Waals surface area contributed by atoms with Crippen LogP contribution in [0.2, 0.25) is 10.0 Å². The van der Waals surface area contributed by atoms with Gasteiger partial charge in [0.1, 0.15) is 6.04 Å². The van der Waals surface area contributed by atoms with Crippen LogP contribution in [0.1, 0.15) is 50.2 Å². The Labute approximate surface area is 188 Å². The van der Waals surface area contributed by atoms with Crippen molar-refractivity contribution in [1.29, 1.82) is 0 Å². The number of carbonyl (C=O) groups is 2. The van der Waals surface area contributed by atoms with E-state index in [9.17, 15) is 9.59 Å². The number of halogens is 2. The zero-order valence-electron chi connectivity index (χ0n) is 17.2. The number of carbonyl (C=O) groups excluding carboxylic acids is 2. The zero-order chi connectivity index (χ0) is 21.5. The monoisotopic (exact) mass is 446 g/mol. The first-order valence-electron chi connectivity index (χ1n) is 10.5. The summed E-state index contributed by atoms with van der Waals surface area (Å²) in [5, 5.41) is 4.39. The van der Waals surface area contributed by atoms with Crippen molar-refractivity contribution in [1.82, 2.24) is 10.2 Å². The number of benzene rings is 2. The lowest BCUT2D eigenvalue weighted by atomic mass is 10.1. The van der Waals surface area contributed by atoms with Gasteiger partial charge in [0.05, 0.1) is 6.42 Å². The smallest absolute Gasteiger partial charge is 0.243 e. The van der Waals surface area contributed by atoms with Gasteiger partial charge in [-0.1, -0.05) is 67.2 Å². The second-order valence-electron chi connectivity index (χ2n) is 7.87. The maximum absolute atomic E-state index is 13.3. The highest BCUT2D eigenvalue weighted by atomic mass is 35.5. The normalized spacial score (nSPS) is 15.0. The Balaban J connectivity index is 1.81. The summed E-state index contributed by atoms with van der Waals surface area (Å²) in [6.07, 6.45) is 5.05. The fourth-order valence-corrected chi connectivity index (χ4v) is 4.34. The Morgan fingerprint density at radius 1 is 1.03 bits per heavy atom. The van der Waals surface area contributed by atoms with E-state index in [1.54, 1.807) is 29.2 Å². The van der Waals surface area contributed by atoms with Gasteiger partial charge in [0, 0.05) is 22.6 Å². The molecule has 0 radical (unpaired) electrons. The Hall–Kier alpha value is -2.04. The van der Waals surface area contributed by atoms with Crippen molar-refractivity contribution in [2.45, 2.75) is 64.1 Å². The molecule has 0 saturated heterocycles. The van der Waals surface area contributed by atoms with Crippen molar-refractivity contribution in [2.24, 2.45) is 0 Å². The van der Waals surface area contributed by atoms with Crippen molar-refractivity contribution in [3.05, 3.63) is 69.7 Å². The van der Waals surface area contributed by atoms with Gasteiger partial charge in [-0.2, -0.15) is 0 Å². The number of nitrogens with zero attached hydrogens (tertiary/aromatic N) is 1. The summed E-state index contributed by atoms with van der Waals surface area (Å²) in [4.78, 5) is 28.1. The molecule has 1 N–H and O–H groups in total. The quantitative estimate of drug-likeness (QED) is 0.589. The van der Waals surface area contributed by atoms with Crippen molar-refractivity contribution in [3.8, 4) is 0 Å². The Morgan fingerprint density at radius 3 is 2.37 bits per heavy atom. The van der Waals surface area contributed by atoms with Gasteiger partial charge < -0.3 is 10.2 Å². The van der Waals surface area contributed by atoms with E-state index in [2.05, 4.69) is 5.32 Å². The van der Waals surface area contributed by atoms with E-state index in [1.165, 1.54) is 0 Å². The van der Waals surface area contributed by atoms with E-state index in [0.29, 0.717) is 23.0 Å². The summed E-state index contributed by atoms with van der Waals surface area (Å²) in [5.41, 5.74) is 1.77. The fraction of sp³-hybridized carbons (Fsp3) is 0.417. The summed E-state index contributed by atoms with van der Waals surface area (Å²) in [6.45, 7) is 2.30. The van der Waals surface area contributed by atoms with E-state index in [0.717, 1.165) is 36.8 Å². The molecule has 1 aliphatic carbocycles. The van der Waals surface area contributed by atoms with Crippen molar-refractivity contribution in [3.63, 3.8) is 0 Å². The molecule has 1 saturated carbocycles. The predicted molar refractivity (Wildman–Crippen MR) is 122 cm³/mol. The van der Waals surface area contributed by atoms with Gasteiger partial charge in [0.2, 0.25) is 11.8 Å². The predicted octanol–water partition coefficient (Wildman–Crippen LogP) is 5.40. The van der Waals surface area contributed by atoms with Crippen molar-refractivity contribution in [2.75, 3.05) is 0 Å². The molecule has 1 aliphatic rings. The summed E-state index contributed by atoms with van der Waals surface area (Å²) < 4.78 is 0. The lowest BCUT2D eigenvalue weighted by Gasteiger charge is -2.31. The lowest BCUT2D eigenvalue weighted by molar-refractivity contribution is -0.141. The average Bonchev–Trinajstić information content (AvgIpc) is 3.22. The van der Waals surface area contributed by atoms with Crippen LogP contribution in [0.25, 0.3) is 0 Å². The zero-order valence-corrected chi connectivity index (χ0v) is 18.8. The molecule has 2 aromatic rings. The van der Waals surface area contributed by atoms with Gasteiger partial charge in [-0.3, -0.25) is 9.59 Å². The van der Waals surface area contributed by atoms with Crippen molar-refractivity contribution < 1.29 is 9.59 Å². The van der Waals surface area contributed by atoms with Gasteiger partial charge in [-0.25, -0.2) is 0 Å². The van der Waals surface area contributed by atoms with E-state index < -0.39 is 6.04 Å².